The van der Waals surface area contributed by atoms with Gasteiger partial charge >= 0.3 is 0 Å². The van der Waals surface area contributed by atoms with Crippen molar-refractivity contribution < 1.29 is 22.6 Å². The van der Waals surface area contributed by atoms with Gasteiger partial charge in [-0.3, -0.25) is 0 Å². The van der Waals surface area contributed by atoms with E-state index in [0.29, 0.717) is 17.2 Å². The van der Waals surface area contributed by atoms with Gasteiger partial charge in [-0.1, -0.05) is 0 Å². The van der Waals surface area contributed by atoms with Crippen LogP contribution in [0.4, 0.5) is 0 Å². The Hall–Kier alpha value is -1.47. The summed E-state index contributed by atoms with van der Waals surface area (Å²) >= 11 is 0. The van der Waals surface area contributed by atoms with Crippen molar-refractivity contribution in [3.8, 4) is 17.2 Å². The van der Waals surface area contributed by atoms with Crippen LogP contribution in [0, 0.1) is 0 Å². The Bertz CT molecular complexity index is 541. The molecule has 0 aliphatic carbocycles. The summed E-state index contributed by atoms with van der Waals surface area (Å²) in [6.45, 7) is 3.95. The molecule has 1 heterocycles. The first-order valence-electron chi connectivity index (χ1n) is 6.00. The molecule has 19 heavy (non-hydrogen) atoms. The monoisotopic (exact) mass is 287 g/mol. The van der Waals surface area contributed by atoms with E-state index in [4.69, 9.17) is 14.2 Å². The number of ether oxygens (including phenoxy) is 3. The Labute approximate surface area is 112 Å². The van der Waals surface area contributed by atoms with E-state index >= 15 is 0 Å². The van der Waals surface area contributed by atoms with Crippen LogP contribution in [0.5, 0.6) is 17.2 Å². The lowest BCUT2D eigenvalue weighted by Gasteiger charge is -2.10. The van der Waals surface area contributed by atoms with Crippen molar-refractivity contribution >= 4 is 10.0 Å². The van der Waals surface area contributed by atoms with E-state index in [1.54, 1.807) is 32.0 Å². The van der Waals surface area contributed by atoms with Gasteiger partial charge in [0.1, 0.15) is 12.4 Å². The molecule has 0 radical (unpaired) electrons. The minimum Gasteiger partial charge on any atom is -0.492 e. The number of benzene rings is 1. The smallest absolute Gasteiger partial charge is 0.231 e. The molecule has 1 aromatic carbocycles. The zero-order chi connectivity index (χ0) is 13.9. The molecule has 0 aromatic heterocycles. The van der Waals surface area contributed by atoms with E-state index in [2.05, 4.69) is 4.72 Å². The molecule has 1 aliphatic rings. The third-order valence-corrected chi connectivity index (χ3v) is 4.49. The molecular formula is C12H17NO5S. The molecule has 0 amide bonds. The first-order chi connectivity index (χ1) is 8.99. The number of sulfonamides is 1. The van der Waals surface area contributed by atoms with Gasteiger partial charge in [0.05, 0.1) is 5.25 Å². The predicted octanol–water partition coefficient (Wildman–Crippen LogP) is 1.12. The molecule has 1 aliphatic heterocycles. The van der Waals surface area contributed by atoms with Crippen molar-refractivity contribution in [3.05, 3.63) is 18.2 Å². The molecule has 6 nitrogen and oxygen atoms in total. The summed E-state index contributed by atoms with van der Waals surface area (Å²) in [7, 11) is -3.24. The average Bonchev–Trinajstić information content (AvgIpc) is 2.81. The van der Waals surface area contributed by atoms with Crippen molar-refractivity contribution in [2.45, 2.75) is 19.1 Å². The first kappa shape index (κ1) is 14.0. The second kappa shape index (κ2) is 5.66. The summed E-state index contributed by atoms with van der Waals surface area (Å²) in [6, 6.07) is 5.24. The highest BCUT2D eigenvalue weighted by Gasteiger charge is 2.15. The Balaban J connectivity index is 1.80. The van der Waals surface area contributed by atoms with Crippen LogP contribution in [0.15, 0.2) is 18.2 Å². The maximum atomic E-state index is 11.5. The number of nitrogens with one attached hydrogen (secondary N) is 1. The van der Waals surface area contributed by atoms with Crippen LogP contribution in [-0.4, -0.2) is 33.6 Å². The highest BCUT2D eigenvalue weighted by molar-refractivity contribution is 7.90. The first-order valence-corrected chi connectivity index (χ1v) is 7.54. The van der Waals surface area contributed by atoms with Crippen LogP contribution in [-0.2, 0) is 10.0 Å². The lowest BCUT2D eigenvalue weighted by atomic mass is 10.3. The average molecular weight is 287 g/mol. The molecule has 2 rings (SSSR count). The highest BCUT2D eigenvalue weighted by atomic mass is 32.2. The summed E-state index contributed by atoms with van der Waals surface area (Å²) in [5.41, 5.74) is 0. The van der Waals surface area contributed by atoms with E-state index in [-0.39, 0.29) is 19.9 Å². The van der Waals surface area contributed by atoms with Gasteiger partial charge < -0.3 is 14.2 Å². The molecule has 0 bridgehead atoms. The Kier molecular flexibility index (Phi) is 4.16. The van der Waals surface area contributed by atoms with Gasteiger partial charge in [0.25, 0.3) is 0 Å². The van der Waals surface area contributed by atoms with Crippen molar-refractivity contribution in [1.82, 2.24) is 4.72 Å². The van der Waals surface area contributed by atoms with E-state index in [0.717, 1.165) is 0 Å². The zero-order valence-electron chi connectivity index (χ0n) is 10.9. The van der Waals surface area contributed by atoms with Gasteiger partial charge in [0, 0.05) is 12.6 Å². The maximum absolute atomic E-state index is 11.5. The van der Waals surface area contributed by atoms with Crippen LogP contribution in [0.3, 0.4) is 0 Å². The van der Waals surface area contributed by atoms with Gasteiger partial charge in [-0.05, 0) is 26.0 Å². The number of rotatable bonds is 6. The highest BCUT2D eigenvalue weighted by Crippen LogP contribution is 2.34. The van der Waals surface area contributed by atoms with E-state index in [9.17, 15) is 8.42 Å². The molecule has 0 saturated heterocycles. The SMILES string of the molecule is CC(C)S(=O)(=O)NCCOc1ccc2c(c1)OCO2. The molecule has 1 N–H and O–H groups in total. The van der Waals surface area contributed by atoms with Crippen molar-refractivity contribution in [3.63, 3.8) is 0 Å². The molecule has 1 aromatic rings. The molecule has 0 unspecified atom stereocenters. The standard InChI is InChI=1S/C12H17NO5S/c1-9(2)19(14,15)13-5-6-16-10-3-4-11-12(7-10)18-8-17-11/h3-4,7,9,13H,5-6,8H2,1-2H3. The summed E-state index contributed by atoms with van der Waals surface area (Å²) in [4.78, 5) is 0. The molecule has 7 heteroatoms. The summed E-state index contributed by atoms with van der Waals surface area (Å²) < 4.78 is 41.3. The van der Waals surface area contributed by atoms with E-state index in [1.807, 2.05) is 0 Å². The van der Waals surface area contributed by atoms with Crippen LogP contribution in [0.2, 0.25) is 0 Å². The van der Waals surface area contributed by atoms with Crippen LogP contribution < -0.4 is 18.9 Å². The number of fused-ring (bicyclic) bond motifs is 1. The quantitative estimate of drug-likeness (QED) is 0.794. The van der Waals surface area contributed by atoms with Crippen molar-refractivity contribution in [1.29, 1.82) is 0 Å². The third-order valence-electron chi connectivity index (χ3n) is 2.64. The second-order valence-electron chi connectivity index (χ2n) is 4.35. The molecule has 0 saturated carbocycles. The van der Waals surface area contributed by atoms with Gasteiger partial charge in [0.2, 0.25) is 16.8 Å². The lowest BCUT2D eigenvalue weighted by Crippen LogP contribution is -2.33. The molecule has 0 spiro atoms. The van der Waals surface area contributed by atoms with Gasteiger partial charge in [-0.2, -0.15) is 0 Å². The fourth-order valence-electron chi connectivity index (χ4n) is 1.49. The predicted molar refractivity (Wildman–Crippen MR) is 70.1 cm³/mol. The van der Waals surface area contributed by atoms with Crippen LogP contribution >= 0.6 is 0 Å². The van der Waals surface area contributed by atoms with Crippen LogP contribution in [0.25, 0.3) is 0 Å². The largest absolute Gasteiger partial charge is 0.492 e. The van der Waals surface area contributed by atoms with Crippen molar-refractivity contribution in [2.24, 2.45) is 0 Å². The molecule has 0 atom stereocenters. The van der Waals surface area contributed by atoms with Gasteiger partial charge in [-0.15, -0.1) is 0 Å². The lowest BCUT2D eigenvalue weighted by molar-refractivity contribution is 0.173. The maximum Gasteiger partial charge on any atom is 0.231 e. The fourth-order valence-corrected chi connectivity index (χ4v) is 2.19. The Morgan fingerprint density at radius 2 is 2.05 bits per heavy atom. The van der Waals surface area contributed by atoms with E-state index in [1.165, 1.54) is 0 Å². The number of hydrogen-bond acceptors (Lipinski definition) is 5. The topological polar surface area (TPSA) is 73.9 Å². The van der Waals surface area contributed by atoms with Gasteiger partial charge in [-0.25, -0.2) is 13.1 Å². The summed E-state index contributed by atoms with van der Waals surface area (Å²) in [5, 5.41) is -0.446. The summed E-state index contributed by atoms with van der Waals surface area (Å²) in [5.74, 6) is 1.95. The molecular weight excluding hydrogens is 270 g/mol. The zero-order valence-corrected chi connectivity index (χ0v) is 11.7. The fraction of sp³-hybridized carbons (Fsp3) is 0.500. The van der Waals surface area contributed by atoms with Gasteiger partial charge in [0.15, 0.2) is 11.5 Å². The Morgan fingerprint density at radius 1 is 1.32 bits per heavy atom. The normalized spacial score (nSPS) is 13.8. The van der Waals surface area contributed by atoms with Crippen LogP contribution in [0.1, 0.15) is 13.8 Å². The minimum absolute atomic E-state index is 0.215. The summed E-state index contributed by atoms with van der Waals surface area (Å²) in [6.07, 6.45) is 0. The van der Waals surface area contributed by atoms with E-state index < -0.39 is 15.3 Å². The molecule has 106 valence electrons. The van der Waals surface area contributed by atoms with Crippen molar-refractivity contribution in [2.75, 3.05) is 19.9 Å². The molecule has 0 fully saturated rings. The third kappa shape index (κ3) is 3.51. The minimum atomic E-state index is -3.24. The number of hydrogen-bond donors (Lipinski definition) is 1. The Morgan fingerprint density at radius 3 is 2.79 bits per heavy atom. The second-order valence-corrected chi connectivity index (χ2v) is 6.67.